The minimum atomic E-state index is -0.181. The van der Waals surface area contributed by atoms with E-state index in [1.165, 1.54) is 11.1 Å². The standard InChI is InChI=1S/C15H23NO2/c1-4-18-15(17)11-16-13(3)8-9-14-7-5-6-12(2)10-14/h5-7,10,13,16H,4,8-9,11H2,1-3H3. The lowest BCUT2D eigenvalue weighted by atomic mass is 10.0. The van der Waals surface area contributed by atoms with E-state index in [1.54, 1.807) is 0 Å². The molecule has 1 rings (SSSR count). The predicted molar refractivity (Wildman–Crippen MR) is 73.6 cm³/mol. The van der Waals surface area contributed by atoms with Gasteiger partial charge in [0, 0.05) is 6.04 Å². The first-order valence-corrected chi connectivity index (χ1v) is 6.56. The van der Waals surface area contributed by atoms with Crippen molar-refractivity contribution < 1.29 is 9.53 Å². The van der Waals surface area contributed by atoms with E-state index in [0.717, 1.165) is 12.8 Å². The van der Waals surface area contributed by atoms with Crippen LogP contribution in [0.25, 0.3) is 0 Å². The molecule has 100 valence electrons. The Balaban J connectivity index is 2.24. The summed E-state index contributed by atoms with van der Waals surface area (Å²) in [5.41, 5.74) is 2.64. The Morgan fingerprint density at radius 1 is 1.44 bits per heavy atom. The van der Waals surface area contributed by atoms with Crippen molar-refractivity contribution >= 4 is 5.97 Å². The summed E-state index contributed by atoms with van der Waals surface area (Å²) in [5, 5.41) is 3.18. The van der Waals surface area contributed by atoms with Gasteiger partial charge >= 0.3 is 5.97 Å². The first-order valence-electron chi connectivity index (χ1n) is 6.56. The number of ether oxygens (including phenoxy) is 1. The molecule has 0 fully saturated rings. The van der Waals surface area contributed by atoms with Crippen molar-refractivity contribution in [3.05, 3.63) is 35.4 Å². The zero-order chi connectivity index (χ0) is 13.4. The number of hydrogen-bond acceptors (Lipinski definition) is 3. The molecule has 1 N–H and O–H groups in total. The molecular formula is C15H23NO2. The van der Waals surface area contributed by atoms with Gasteiger partial charge < -0.3 is 10.1 Å². The van der Waals surface area contributed by atoms with Crippen LogP contribution in [0.3, 0.4) is 0 Å². The Morgan fingerprint density at radius 2 is 2.22 bits per heavy atom. The average Bonchev–Trinajstić information content (AvgIpc) is 2.34. The third kappa shape index (κ3) is 5.82. The molecule has 1 unspecified atom stereocenters. The van der Waals surface area contributed by atoms with Gasteiger partial charge in [-0.1, -0.05) is 29.8 Å². The lowest BCUT2D eigenvalue weighted by Crippen LogP contribution is -2.32. The van der Waals surface area contributed by atoms with Gasteiger partial charge in [-0.15, -0.1) is 0 Å². The summed E-state index contributed by atoms with van der Waals surface area (Å²) in [7, 11) is 0. The van der Waals surface area contributed by atoms with Crippen LogP contribution in [0.5, 0.6) is 0 Å². The summed E-state index contributed by atoms with van der Waals surface area (Å²) in [5.74, 6) is -0.181. The van der Waals surface area contributed by atoms with Gasteiger partial charge in [-0.05, 0) is 39.2 Å². The predicted octanol–water partition coefficient (Wildman–Crippen LogP) is 2.47. The van der Waals surface area contributed by atoms with E-state index >= 15 is 0 Å². The summed E-state index contributed by atoms with van der Waals surface area (Å²) in [6, 6.07) is 8.85. The molecule has 1 aromatic carbocycles. The fourth-order valence-electron chi connectivity index (χ4n) is 1.82. The molecular weight excluding hydrogens is 226 g/mol. The van der Waals surface area contributed by atoms with Crippen molar-refractivity contribution in [2.75, 3.05) is 13.2 Å². The normalized spacial score (nSPS) is 12.2. The molecule has 3 heteroatoms. The summed E-state index contributed by atoms with van der Waals surface area (Å²) in [6.45, 7) is 6.75. The average molecular weight is 249 g/mol. The maximum absolute atomic E-state index is 11.2. The second-order valence-electron chi connectivity index (χ2n) is 4.61. The second kappa shape index (κ2) is 7.88. The van der Waals surface area contributed by atoms with Crippen LogP contribution in [0.4, 0.5) is 0 Å². The maximum Gasteiger partial charge on any atom is 0.319 e. The smallest absolute Gasteiger partial charge is 0.319 e. The van der Waals surface area contributed by atoms with Crippen molar-refractivity contribution in [3.63, 3.8) is 0 Å². The highest BCUT2D eigenvalue weighted by Gasteiger charge is 2.06. The number of carbonyl (C=O) groups excluding carboxylic acids is 1. The van der Waals surface area contributed by atoms with Gasteiger partial charge in [0.1, 0.15) is 0 Å². The lowest BCUT2D eigenvalue weighted by molar-refractivity contribution is -0.142. The molecule has 0 aromatic heterocycles. The number of nitrogens with one attached hydrogen (secondary N) is 1. The van der Waals surface area contributed by atoms with Crippen molar-refractivity contribution in [2.45, 2.75) is 39.7 Å². The monoisotopic (exact) mass is 249 g/mol. The number of benzene rings is 1. The molecule has 1 atom stereocenters. The molecule has 18 heavy (non-hydrogen) atoms. The van der Waals surface area contributed by atoms with Gasteiger partial charge in [0.2, 0.25) is 0 Å². The van der Waals surface area contributed by atoms with E-state index in [2.05, 4.69) is 43.4 Å². The van der Waals surface area contributed by atoms with Crippen molar-refractivity contribution in [1.29, 1.82) is 0 Å². The highest BCUT2D eigenvalue weighted by atomic mass is 16.5. The Kier molecular flexibility index (Phi) is 6.44. The number of aryl methyl sites for hydroxylation is 2. The van der Waals surface area contributed by atoms with E-state index in [0.29, 0.717) is 19.2 Å². The van der Waals surface area contributed by atoms with Gasteiger partial charge in [-0.25, -0.2) is 0 Å². The number of carbonyl (C=O) groups is 1. The highest BCUT2D eigenvalue weighted by Crippen LogP contribution is 2.07. The largest absolute Gasteiger partial charge is 0.465 e. The zero-order valence-corrected chi connectivity index (χ0v) is 11.5. The quantitative estimate of drug-likeness (QED) is 0.754. The molecule has 0 heterocycles. The summed E-state index contributed by atoms with van der Waals surface area (Å²) >= 11 is 0. The fraction of sp³-hybridized carbons (Fsp3) is 0.533. The molecule has 0 aliphatic heterocycles. The molecule has 0 radical (unpaired) electrons. The van der Waals surface area contributed by atoms with E-state index < -0.39 is 0 Å². The molecule has 0 saturated carbocycles. The zero-order valence-electron chi connectivity index (χ0n) is 11.5. The molecule has 0 saturated heterocycles. The van der Waals surface area contributed by atoms with E-state index in [9.17, 15) is 4.79 Å². The maximum atomic E-state index is 11.2. The third-order valence-corrected chi connectivity index (χ3v) is 2.85. The van der Waals surface area contributed by atoms with Gasteiger partial charge in [-0.2, -0.15) is 0 Å². The third-order valence-electron chi connectivity index (χ3n) is 2.85. The molecule has 0 spiro atoms. The van der Waals surface area contributed by atoms with Gasteiger partial charge in [-0.3, -0.25) is 4.79 Å². The van der Waals surface area contributed by atoms with Crippen LogP contribution in [0, 0.1) is 6.92 Å². The molecule has 0 bridgehead atoms. The Labute approximate surface area is 110 Å². The lowest BCUT2D eigenvalue weighted by Gasteiger charge is -2.13. The first kappa shape index (κ1) is 14.7. The van der Waals surface area contributed by atoms with Gasteiger partial charge in [0.25, 0.3) is 0 Å². The van der Waals surface area contributed by atoms with E-state index in [4.69, 9.17) is 4.74 Å². The number of hydrogen-bond donors (Lipinski definition) is 1. The number of rotatable bonds is 7. The van der Waals surface area contributed by atoms with Crippen LogP contribution < -0.4 is 5.32 Å². The van der Waals surface area contributed by atoms with Crippen LogP contribution in [-0.4, -0.2) is 25.2 Å². The van der Waals surface area contributed by atoms with Gasteiger partial charge in [0.15, 0.2) is 0 Å². The van der Waals surface area contributed by atoms with E-state index in [1.807, 2.05) is 6.92 Å². The van der Waals surface area contributed by atoms with Crippen LogP contribution in [0.2, 0.25) is 0 Å². The molecule has 0 amide bonds. The van der Waals surface area contributed by atoms with E-state index in [-0.39, 0.29) is 5.97 Å². The minimum absolute atomic E-state index is 0.181. The molecule has 3 nitrogen and oxygen atoms in total. The Morgan fingerprint density at radius 3 is 2.89 bits per heavy atom. The molecule has 0 aliphatic rings. The Bertz CT molecular complexity index is 377. The summed E-state index contributed by atoms with van der Waals surface area (Å²) in [6.07, 6.45) is 2.04. The summed E-state index contributed by atoms with van der Waals surface area (Å²) in [4.78, 5) is 11.2. The minimum Gasteiger partial charge on any atom is -0.465 e. The summed E-state index contributed by atoms with van der Waals surface area (Å²) < 4.78 is 4.87. The molecule has 1 aromatic rings. The van der Waals surface area contributed by atoms with Crippen molar-refractivity contribution in [2.24, 2.45) is 0 Å². The van der Waals surface area contributed by atoms with Crippen molar-refractivity contribution in [3.8, 4) is 0 Å². The van der Waals surface area contributed by atoms with Crippen LogP contribution in [0.1, 0.15) is 31.4 Å². The Hall–Kier alpha value is -1.35. The van der Waals surface area contributed by atoms with Crippen LogP contribution >= 0.6 is 0 Å². The van der Waals surface area contributed by atoms with Crippen LogP contribution in [-0.2, 0) is 16.0 Å². The second-order valence-corrected chi connectivity index (χ2v) is 4.61. The van der Waals surface area contributed by atoms with Crippen LogP contribution in [0.15, 0.2) is 24.3 Å². The highest BCUT2D eigenvalue weighted by molar-refractivity contribution is 5.71. The first-order chi connectivity index (χ1) is 8.61. The number of esters is 1. The van der Waals surface area contributed by atoms with Crippen molar-refractivity contribution in [1.82, 2.24) is 5.32 Å². The fourth-order valence-corrected chi connectivity index (χ4v) is 1.82. The van der Waals surface area contributed by atoms with Gasteiger partial charge in [0.05, 0.1) is 13.2 Å². The molecule has 0 aliphatic carbocycles. The topological polar surface area (TPSA) is 38.3 Å². The SMILES string of the molecule is CCOC(=O)CNC(C)CCc1cccc(C)c1.